The van der Waals surface area contributed by atoms with Crippen LogP contribution < -0.4 is 11.2 Å². The molecule has 0 saturated heterocycles. The first-order chi connectivity index (χ1) is 9.98. The molecule has 0 atom stereocenters. The van der Waals surface area contributed by atoms with Crippen molar-refractivity contribution >= 4 is 16.9 Å². The van der Waals surface area contributed by atoms with E-state index in [4.69, 9.17) is 0 Å². The Balaban J connectivity index is 2.95. The molecule has 22 heavy (non-hydrogen) atoms. The van der Waals surface area contributed by atoms with Crippen LogP contribution in [0.4, 0.5) is 22.0 Å². The van der Waals surface area contributed by atoms with Gasteiger partial charge in [0.1, 0.15) is 5.52 Å². The summed E-state index contributed by atoms with van der Waals surface area (Å²) in [7, 11) is 3.53. The SMILES string of the molecule is Cn1c(=O)c2c(cc(/C(F)=C(\F)C(F)(F)F)n2C)n(C)c1=O. The maximum absolute atomic E-state index is 13.8. The van der Waals surface area contributed by atoms with Crippen LogP contribution in [0.5, 0.6) is 0 Å². The second-order valence-corrected chi connectivity index (χ2v) is 4.65. The third-order valence-corrected chi connectivity index (χ3v) is 3.32. The van der Waals surface area contributed by atoms with Gasteiger partial charge in [-0.05, 0) is 6.07 Å². The van der Waals surface area contributed by atoms with Gasteiger partial charge in [-0.2, -0.15) is 17.6 Å². The van der Waals surface area contributed by atoms with E-state index in [1.165, 1.54) is 14.1 Å². The third kappa shape index (κ3) is 2.14. The molecule has 0 unspecified atom stereocenters. The Bertz CT molecular complexity index is 914. The highest BCUT2D eigenvalue weighted by Crippen LogP contribution is 2.35. The molecule has 2 rings (SSSR count). The number of halogens is 5. The molecular formula is C12H10F5N3O2. The molecule has 2 aromatic rings. The van der Waals surface area contributed by atoms with Gasteiger partial charge in [0.25, 0.3) is 5.56 Å². The van der Waals surface area contributed by atoms with Crippen LogP contribution in [0.2, 0.25) is 0 Å². The van der Waals surface area contributed by atoms with Crippen LogP contribution in [-0.4, -0.2) is 19.9 Å². The van der Waals surface area contributed by atoms with Crippen molar-refractivity contribution < 1.29 is 22.0 Å². The van der Waals surface area contributed by atoms with Gasteiger partial charge in [0, 0.05) is 21.1 Å². The Labute approximate surface area is 119 Å². The Morgan fingerprint density at radius 2 is 1.55 bits per heavy atom. The van der Waals surface area contributed by atoms with Gasteiger partial charge in [-0.25, -0.2) is 9.18 Å². The van der Waals surface area contributed by atoms with Crippen molar-refractivity contribution in [3.05, 3.63) is 38.4 Å². The van der Waals surface area contributed by atoms with E-state index >= 15 is 0 Å². The summed E-state index contributed by atoms with van der Waals surface area (Å²) >= 11 is 0. The Morgan fingerprint density at radius 3 is 2.05 bits per heavy atom. The first-order valence-electron chi connectivity index (χ1n) is 5.86. The highest BCUT2D eigenvalue weighted by Gasteiger charge is 2.39. The maximum atomic E-state index is 13.8. The molecule has 0 N–H and O–H groups in total. The fourth-order valence-corrected chi connectivity index (χ4v) is 2.12. The quantitative estimate of drug-likeness (QED) is 0.751. The zero-order valence-electron chi connectivity index (χ0n) is 11.6. The normalized spacial score (nSPS) is 13.6. The summed E-state index contributed by atoms with van der Waals surface area (Å²) in [4.78, 5) is 23.7. The van der Waals surface area contributed by atoms with Crippen LogP contribution in [0, 0.1) is 0 Å². The molecule has 0 aliphatic rings. The van der Waals surface area contributed by atoms with Gasteiger partial charge in [0.05, 0.1) is 11.2 Å². The second kappa shape index (κ2) is 4.82. The van der Waals surface area contributed by atoms with Gasteiger partial charge in [-0.1, -0.05) is 0 Å². The predicted molar refractivity (Wildman–Crippen MR) is 68.6 cm³/mol. The van der Waals surface area contributed by atoms with Gasteiger partial charge in [0.2, 0.25) is 5.83 Å². The topological polar surface area (TPSA) is 48.9 Å². The van der Waals surface area contributed by atoms with Gasteiger partial charge in [-0.3, -0.25) is 13.9 Å². The number of allylic oxidation sites excluding steroid dienone is 1. The third-order valence-electron chi connectivity index (χ3n) is 3.32. The van der Waals surface area contributed by atoms with Gasteiger partial charge in [0.15, 0.2) is 5.83 Å². The Hall–Kier alpha value is -2.39. The van der Waals surface area contributed by atoms with Crippen LogP contribution in [0.1, 0.15) is 5.69 Å². The van der Waals surface area contributed by atoms with Crippen LogP contribution in [0.3, 0.4) is 0 Å². The minimum Gasteiger partial charge on any atom is -0.336 e. The van der Waals surface area contributed by atoms with E-state index in [2.05, 4.69) is 0 Å². The average molecular weight is 323 g/mol. The number of alkyl halides is 3. The number of rotatable bonds is 1. The van der Waals surface area contributed by atoms with E-state index in [0.717, 1.165) is 22.2 Å². The molecule has 2 aromatic heterocycles. The zero-order chi connectivity index (χ0) is 17.0. The molecule has 0 spiro atoms. The fraction of sp³-hybridized carbons (Fsp3) is 0.333. The van der Waals surface area contributed by atoms with Crippen LogP contribution in [0.25, 0.3) is 16.9 Å². The molecule has 0 saturated carbocycles. The van der Waals surface area contributed by atoms with E-state index in [-0.39, 0.29) is 11.0 Å². The van der Waals surface area contributed by atoms with Crippen molar-refractivity contribution in [3.8, 4) is 0 Å². The summed E-state index contributed by atoms with van der Waals surface area (Å²) in [6, 6.07) is 0.818. The highest BCUT2D eigenvalue weighted by atomic mass is 19.4. The summed E-state index contributed by atoms with van der Waals surface area (Å²) in [6.45, 7) is 0. The molecule has 120 valence electrons. The largest absolute Gasteiger partial charge is 0.446 e. The molecule has 0 bridgehead atoms. The van der Waals surface area contributed by atoms with E-state index in [1.54, 1.807) is 0 Å². The number of aromatic nitrogens is 3. The minimum absolute atomic E-state index is 0.101. The lowest BCUT2D eigenvalue weighted by atomic mass is 10.3. The molecule has 10 heteroatoms. The van der Waals surface area contributed by atoms with Crippen molar-refractivity contribution in [1.82, 2.24) is 13.7 Å². The number of fused-ring (bicyclic) bond motifs is 1. The van der Waals surface area contributed by atoms with Crippen molar-refractivity contribution in [2.75, 3.05) is 0 Å². The van der Waals surface area contributed by atoms with E-state index in [9.17, 15) is 31.5 Å². The average Bonchev–Trinajstić information content (AvgIpc) is 2.78. The molecule has 0 amide bonds. The molecule has 0 aliphatic carbocycles. The van der Waals surface area contributed by atoms with E-state index in [0.29, 0.717) is 4.57 Å². The van der Waals surface area contributed by atoms with E-state index < -0.39 is 34.8 Å². The number of hydrogen-bond acceptors (Lipinski definition) is 2. The van der Waals surface area contributed by atoms with Crippen LogP contribution in [0.15, 0.2) is 21.5 Å². The van der Waals surface area contributed by atoms with Gasteiger partial charge in [-0.15, -0.1) is 0 Å². The zero-order valence-corrected chi connectivity index (χ0v) is 11.6. The van der Waals surface area contributed by atoms with Crippen molar-refractivity contribution in [3.63, 3.8) is 0 Å². The van der Waals surface area contributed by atoms with Crippen molar-refractivity contribution in [2.45, 2.75) is 6.18 Å². The molecule has 0 aliphatic heterocycles. The number of nitrogens with zero attached hydrogens (tertiary/aromatic N) is 3. The first kappa shape index (κ1) is 16.0. The Kier molecular flexibility index (Phi) is 3.50. The Morgan fingerprint density at radius 1 is 1.00 bits per heavy atom. The predicted octanol–water partition coefficient (Wildman–Crippen LogP) is 1.75. The summed E-state index contributed by atoms with van der Waals surface area (Å²) < 4.78 is 66.0. The second-order valence-electron chi connectivity index (χ2n) is 4.65. The van der Waals surface area contributed by atoms with Crippen molar-refractivity contribution in [1.29, 1.82) is 0 Å². The molecule has 5 nitrogen and oxygen atoms in total. The van der Waals surface area contributed by atoms with Crippen LogP contribution in [-0.2, 0) is 21.1 Å². The molecular weight excluding hydrogens is 313 g/mol. The summed E-state index contributed by atoms with van der Waals surface area (Å²) in [5.41, 5.74) is -2.68. The highest BCUT2D eigenvalue weighted by molar-refractivity contribution is 5.81. The van der Waals surface area contributed by atoms with E-state index in [1.807, 2.05) is 0 Å². The minimum atomic E-state index is -5.49. The first-order valence-corrected chi connectivity index (χ1v) is 5.86. The molecule has 0 fully saturated rings. The van der Waals surface area contributed by atoms with Crippen LogP contribution >= 0.6 is 0 Å². The molecule has 0 radical (unpaired) electrons. The summed E-state index contributed by atoms with van der Waals surface area (Å²) in [5.74, 6) is -5.05. The maximum Gasteiger partial charge on any atom is 0.446 e. The fourth-order valence-electron chi connectivity index (χ4n) is 2.12. The molecule has 0 aromatic carbocycles. The lowest BCUT2D eigenvalue weighted by Crippen LogP contribution is -2.37. The smallest absolute Gasteiger partial charge is 0.336 e. The number of aryl methyl sites for hydroxylation is 2. The van der Waals surface area contributed by atoms with Gasteiger partial charge >= 0.3 is 11.9 Å². The summed E-state index contributed by atoms with van der Waals surface area (Å²) in [6.07, 6.45) is -5.49. The van der Waals surface area contributed by atoms with Gasteiger partial charge < -0.3 is 4.57 Å². The molecule has 2 heterocycles. The monoisotopic (exact) mass is 323 g/mol. The lowest BCUT2D eigenvalue weighted by molar-refractivity contribution is -0.108. The number of hydrogen-bond donors (Lipinski definition) is 0. The summed E-state index contributed by atoms with van der Waals surface area (Å²) in [5, 5.41) is 0. The lowest BCUT2D eigenvalue weighted by Gasteiger charge is -2.07. The van der Waals surface area contributed by atoms with Crippen molar-refractivity contribution in [2.24, 2.45) is 21.1 Å². The standard InChI is InChI=1S/C12H10F5N3O2/c1-18-5(7(13)9(14)12(15,16)17)4-6-8(18)10(21)20(3)11(22)19(6)2/h4H,1-3H3/b9-7+.